The predicted octanol–water partition coefficient (Wildman–Crippen LogP) is 5.58. The number of para-hydroxylation sites is 1. The van der Waals surface area contributed by atoms with Gasteiger partial charge in [-0.05, 0) is 54.1 Å². The summed E-state index contributed by atoms with van der Waals surface area (Å²) in [6.45, 7) is 1.61. The maximum atomic E-state index is 14.4. The second-order valence-corrected chi connectivity index (χ2v) is 10.8. The summed E-state index contributed by atoms with van der Waals surface area (Å²) in [7, 11) is 0. The number of amides is 1. The van der Waals surface area contributed by atoms with Crippen molar-refractivity contribution in [3.05, 3.63) is 107 Å². The smallest absolute Gasteiger partial charge is 0.420 e. The van der Waals surface area contributed by atoms with Crippen LogP contribution < -0.4 is 15.6 Å². The van der Waals surface area contributed by atoms with Gasteiger partial charge in [0.1, 0.15) is 5.75 Å². The molecule has 8 nitrogen and oxygen atoms in total. The number of hydrogen-bond acceptors (Lipinski definition) is 6. The first-order valence-electron chi connectivity index (χ1n) is 14.4. The van der Waals surface area contributed by atoms with Crippen LogP contribution in [0.2, 0.25) is 0 Å². The maximum Gasteiger partial charge on any atom is 0.420 e. The van der Waals surface area contributed by atoms with E-state index in [1.54, 1.807) is 23.4 Å². The van der Waals surface area contributed by atoms with E-state index in [1.165, 1.54) is 16.7 Å². The van der Waals surface area contributed by atoms with Gasteiger partial charge in [-0.3, -0.25) is 24.1 Å². The lowest BCUT2D eigenvalue weighted by atomic mass is 10.0. The zero-order valence-corrected chi connectivity index (χ0v) is 23.8. The number of halogens is 3. The Hall–Kier alpha value is -5.29. The molecular formula is C34H26F3N5O3. The molecule has 1 amide bonds. The summed E-state index contributed by atoms with van der Waals surface area (Å²) in [4.78, 5) is 36.6. The normalized spacial score (nSPS) is 13.9. The molecule has 3 aromatic carbocycles. The van der Waals surface area contributed by atoms with Crippen LogP contribution in [-0.2, 0) is 11.0 Å². The fraction of sp³-hybridized carbons (Fsp3) is 0.176. The summed E-state index contributed by atoms with van der Waals surface area (Å²) in [5, 5.41) is 5.24. The van der Waals surface area contributed by atoms with Crippen molar-refractivity contribution in [2.45, 2.75) is 6.18 Å². The number of aromatic nitrogens is 3. The van der Waals surface area contributed by atoms with E-state index >= 15 is 0 Å². The van der Waals surface area contributed by atoms with Gasteiger partial charge in [0.05, 0.1) is 27.8 Å². The van der Waals surface area contributed by atoms with Gasteiger partial charge < -0.3 is 15.0 Å². The van der Waals surface area contributed by atoms with Crippen molar-refractivity contribution in [2.75, 3.05) is 32.8 Å². The van der Waals surface area contributed by atoms with Crippen molar-refractivity contribution in [1.82, 2.24) is 24.8 Å². The van der Waals surface area contributed by atoms with Gasteiger partial charge in [0, 0.05) is 66.4 Å². The van der Waals surface area contributed by atoms with Crippen molar-refractivity contribution in [1.29, 1.82) is 0 Å². The fourth-order valence-electron chi connectivity index (χ4n) is 5.73. The molecule has 45 heavy (non-hydrogen) atoms. The summed E-state index contributed by atoms with van der Waals surface area (Å²) in [6, 6.07) is 21.7. The largest absolute Gasteiger partial charge is 0.483 e. The number of fused-ring (bicyclic) bond motifs is 4. The number of ether oxygens (including phenoxy) is 1. The number of nitrogens with zero attached hydrogens (tertiary/aromatic N) is 4. The molecule has 1 aliphatic rings. The predicted molar refractivity (Wildman–Crippen MR) is 166 cm³/mol. The first-order valence-corrected chi connectivity index (χ1v) is 14.4. The van der Waals surface area contributed by atoms with Gasteiger partial charge in [-0.2, -0.15) is 13.2 Å². The monoisotopic (exact) mass is 609 g/mol. The Bertz CT molecular complexity index is 2160. The molecule has 0 saturated carbocycles. The molecule has 1 aliphatic heterocycles. The Morgan fingerprint density at radius 2 is 1.64 bits per heavy atom. The SMILES string of the molecule is O=C(COc1ccc(-n2c(=O)ccc3cnc4ccc(-c5cnc6ccccc6c5)cc4c32)cc1C(F)(F)F)N1CCNCC1. The molecule has 1 N–H and O–H groups in total. The van der Waals surface area contributed by atoms with Gasteiger partial charge in [0.25, 0.3) is 11.5 Å². The Labute approximate surface area is 254 Å². The second-order valence-electron chi connectivity index (χ2n) is 10.8. The van der Waals surface area contributed by atoms with Gasteiger partial charge in [-0.1, -0.05) is 24.3 Å². The molecular weight excluding hydrogens is 583 g/mol. The summed E-state index contributed by atoms with van der Waals surface area (Å²) in [5.41, 5.74) is 1.90. The molecule has 0 bridgehead atoms. The van der Waals surface area contributed by atoms with Gasteiger partial charge >= 0.3 is 6.18 Å². The van der Waals surface area contributed by atoms with Crippen LogP contribution in [0.3, 0.4) is 0 Å². The number of carbonyl (C=O) groups is 1. The van der Waals surface area contributed by atoms with E-state index in [0.717, 1.165) is 34.2 Å². The quantitative estimate of drug-likeness (QED) is 0.257. The molecule has 11 heteroatoms. The number of hydrogen-bond donors (Lipinski definition) is 1. The Balaban J connectivity index is 1.34. The van der Waals surface area contributed by atoms with Crippen molar-refractivity contribution in [3.8, 4) is 22.6 Å². The van der Waals surface area contributed by atoms with E-state index < -0.39 is 35.6 Å². The number of rotatable bonds is 5. The van der Waals surface area contributed by atoms with E-state index in [-0.39, 0.29) is 5.69 Å². The highest BCUT2D eigenvalue weighted by Gasteiger charge is 2.35. The highest BCUT2D eigenvalue weighted by atomic mass is 19.4. The third-order valence-corrected chi connectivity index (χ3v) is 7.99. The molecule has 4 heterocycles. The number of pyridine rings is 3. The summed E-state index contributed by atoms with van der Waals surface area (Å²) in [5.74, 6) is -0.879. The first-order chi connectivity index (χ1) is 21.8. The molecule has 6 aromatic rings. The molecule has 0 atom stereocenters. The fourth-order valence-corrected chi connectivity index (χ4v) is 5.73. The van der Waals surface area contributed by atoms with Gasteiger partial charge in [-0.25, -0.2) is 0 Å². The average Bonchev–Trinajstić information content (AvgIpc) is 3.06. The van der Waals surface area contributed by atoms with Crippen molar-refractivity contribution < 1.29 is 22.7 Å². The van der Waals surface area contributed by atoms with E-state index in [1.807, 2.05) is 48.5 Å². The summed E-state index contributed by atoms with van der Waals surface area (Å²) < 4.78 is 49.7. The Morgan fingerprint density at radius 3 is 2.47 bits per heavy atom. The van der Waals surface area contributed by atoms with Crippen LogP contribution in [0.25, 0.3) is 49.5 Å². The van der Waals surface area contributed by atoms with Gasteiger partial charge in [0.15, 0.2) is 6.61 Å². The minimum Gasteiger partial charge on any atom is -0.483 e. The van der Waals surface area contributed by atoms with Crippen LogP contribution in [0.5, 0.6) is 5.75 Å². The number of nitrogens with one attached hydrogen (secondary N) is 1. The van der Waals surface area contributed by atoms with Crippen molar-refractivity contribution in [3.63, 3.8) is 0 Å². The van der Waals surface area contributed by atoms with Crippen LogP contribution >= 0.6 is 0 Å². The summed E-state index contributed by atoms with van der Waals surface area (Å²) >= 11 is 0. The number of benzene rings is 3. The van der Waals surface area contributed by atoms with Gasteiger partial charge in [0.2, 0.25) is 0 Å². The lowest BCUT2D eigenvalue weighted by Gasteiger charge is -2.27. The van der Waals surface area contributed by atoms with Crippen LogP contribution in [0.4, 0.5) is 13.2 Å². The number of carbonyl (C=O) groups excluding carboxylic acids is 1. The molecule has 3 aromatic heterocycles. The highest BCUT2D eigenvalue weighted by molar-refractivity contribution is 6.05. The lowest BCUT2D eigenvalue weighted by Crippen LogP contribution is -2.48. The summed E-state index contributed by atoms with van der Waals surface area (Å²) in [6.07, 6.45) is -1.46. The minimum atomic E-state index is -4.81. The third-order valence-electron chi connectivity index (χ3n) is 7.99. The van der Waals surface area contributed by atoms with E-state index in [9.17, 15) is 22.8 Å². The molecule has 1 fully saturated rings. The molecule has 226 valence electrons. The minimum absolute atomic E-state index is 0.00369. The van der Waals surface area contributed by atoms with Gasteiger partial charge in [-0.15, -0.1) is 0 Å². The van der Waals surface area contributed by atoms with Crippen LogP contribution in [0.1, 0.15) is 5.56 Å². The molecule has 7 rings (SSSR count). The van der Waals surface area contributed by atoms with Crippen LogP contribution in [0.15, 0.2) is 96.1 Å². The van der Waals surface area contributed by atoms with E-state index in [4.69, 9.17) is 4.74 Å². The highest BCUT2D eigenvalue weighted by Crippen LogP contribution is 2.38. The first kappa shape index (κ1) is 28.5. The maximum absolute atomic E-state index is 14.4. The molecule has 0 radical (unpaired) electrons. The molecule has 0 spiro atoms. The Kier molecular flexibility index (Phi) is 7.17. The van der Waals surface area contributed by atoms with Crippen molar-refractivity contribution in [2.24, 2.45) is 0 Å². The molecule has 0 unspecified atom stereocenters. The van der Waals surface area contributed by atoms with E-state index in [0.29, 0.717) is 48.0 Å². The lowest BCUT2D eigenvalue weighted by molar-refractivity contribution is -0.141. The topological polar surface area (TPSA) is 89.3 Å². The zero-order chi connectivity index (χ0) is 31.1. The number of alkyl halides is 3. The zero-order valence-electron chi connectivity index (χ0n) is 23.8. The van der Waals surface area contributed by atoms with Crippen LogP contribution in [0, 0.1) is 0 Å². The third kappa shape index (κ3) is 5.46. The Morgan fingerprint density at radius 1 is 0.844 bits per heavy atom. The number of piperazine rings is 1. The van der Waals surface area contributed by atoms with Crippen LogP contribution in [-0.4, -0.2) is 58.1 Å². The van der Waals surface area contributed by atoms with Crippen molar-refractivity contribution >= 4 is 38.6 Å². The second kappa shape index (κ2) is 11.3. The molecule has 1 saturated heterocycles. The average molecular weight is 610 g/mol. The van der Waals surface area contributed by atoms with E-state index in [2.05, 4.69) is 15.3 Å². The molecule has 0 aliphatic carbocycles. The standard InChI is InChI=1S/C34H26F3N5O3/c35-34(36,37)27-17-25(7-9-30(27)45-20-32(44)41-13-11-38-12-14-41)42-31(43)10-6-23-18-40-29-8-5-21(16-26(29)33(23)42)24-15-22-3-1-2-4-28(22)39-19-24/h1-10,15-19,38H,11-14,20H2.